The molecule has 94 valence electrons. The number of hydrogen-bond donors (Lipinski definition) is 1. The lowest BCUT2D eigenvalue weighted by Gasteiger charge is -2.08. The Hall–Kier alpha value is -1.58. The van der Waals surface area contributed by atoms with Crippen LogP contribution in [-0.4, -0.2) is 21.4 Å². The lowest BCUT2D eigenvalue weighted by molar-refractivity contribution is 0.809. The van der Waals surface area contributed by atoms with Gasteiger partial charge in [-0.2, -0.15) is 0 Å². The summed E-state index contributed by atoms with van der Waals surface area (Å²) in [4.78, 5) is 8.96. The number of anilines is 1. The molecule has 0 fully saturated rings. The minimum atomic E-state index is 0.421. The minimum Gasteiger partial charge on any atom is -0.370 e. The molecule has 4 heteroatoms. The SMILES string of the molecule is CC.CNc1nc(C(C)C)cn2cc(C)nc12. The number of aromatic nitrogens is 3. The van der Waals surface area contributed by atoms with Crippen molar-refractivity contribution in [1.29, 1.82) is 0 Å². The normalized spacial score (nSPS) is 10.3. The molecule has 0 saturated heterocycles. The summed E-state index contributed by atoms with van der Waals surface area (Å²) in [5.74, 6) is 1.26. The van der Waals surface area contributed by atoms with E-state index >= 15 is 0 Å². The first-order valence-corrected chi connectivity index (χ1v) is 6.16. The lowest BCUT2D eigenvalue weighted by atomic mass is 10.1. The molecule has 0 spiro atoms. The van der Waals surface area contributed by atoms with Gasteiger partial charge in [-0.05, 0) is 12.8 Å². The average molecular weight is 234 g/mol. The predicted octanol–water partition coefficient (Wildman–Crippen LogP) is 3.23. The average Bonchev–Trinajstić information content (AvgIpc) is 2.70. The lowest BCUT2D eigenvalue weighted by Crippen LogP contribution is -2.02. The van der Waals surface area contributed by atoms with Gasteiger partial charge in [-0.1, -0.05) is 27.7 Å². The standard InChI is InChI=1S/C11H16N4.C2H6/c1-7(2)9-6-15-5-8(3)13-11(15)10(12-4)14-9;1-2/h5-7H,1-4H3,(H,12,14);1-2H3. The van der Waals surface area contributed by atoms with Crippen molar-refractivity contribution < 1.29 is 0 Å². The summed E-state index contributed by atoms with van der Waals surface area (Å²) in [5, 5.41) is 3.08. The molecule has 1 N–H and O–H groups in total. The first kappa shape index (κ1) is 13.5. The van der Waals surface area contributed by atoms with Crippen molar-refractivity contribution in [3.8, 4) is 0 Å². The highest BCUT2D eigenvalue weighted by atomic mass is 15.1. The van der Waals surface area contributed by atoms with Gasteiger partial charge in [0.05, 0.1) is 11.4 Å². The van der Waals surface area contributed by atoms with E-state index in [4.69, 9.17) is 0 Å². The van der Waals surface area contributed by atoms with Gasteiger partial charge in [0, 0.05) is 19.4 Å². The van der Waals surface area contributed by atoms with Crippen molar-refractivity contribution in [2.45, 2.75) is 40.5 Å². The fraction of sp³-hybridized carbons (Fsp3) is 0.538. The molecule has 2 heterocycles. The molecule has 4 nitrogen and oxygen atoms in total. The van der Waals surface area contributed by atoms with Crippen molar-refractivity contribution in [2.24, 2.45) is 0 Å². The summed E-state index contributed by atoms with van der Waals surface area (Å²) in [6, 6.07) is 0. The summed E-state index contributed by atoms with van der Waals surface area (Å²) in [6.45, 7) is 10.3. The molecule has 0 radical (unpaired) electrons. The molecule has 2 aromatic rings. The van der Waals surface area contributed by atoms with Gasteiger partial charge in [0.25, 0.3) is 0 Å². The minimum absolute atomic E-state index is 0.421. The molecule has 0 amide bonds. The van der Waals surface area contributed by atoms with Gasteiger partial charge in [-0.25, -0.2) is 9.97 Å². The van der Waals surface area contributed by atoms with Gasteiger partial charge in [0.1, 0.15) is 0 Å². The predicted molar refractivity (Wildman–Crippen MR) is 72.7 cm³/mol. The molecule has 0 atom stereocenters. The first-order chi connectivity index (χ1) is 8.11. The molecule has 0 aliphatic heterocycles. The number of fused-ring (bicyclic) bond motifs is 1. The molecule has 0 unspecified atom stereocenters. The molecule has 0 saturated carbocycles. The van der Waals surface area contributed by atoms with Crippen LogP contribution in [0.25, 0.3) is 5.65 Å². The molecule has 0 aliphatic carbocycles. The van der Waals surface area contributed by atoms with Crippen LogP contribution in [0.4, 0.5) is 5.82 Å². The number of hydrogen-bond acceptors (Lipinski definition) is 3. The Kier molecular flexibility index (Phi) is 4.49. The summed E-state index contributed by atoms with van der Waals surface area (Å²) < 4.78 is 2.03. The summed E-state index contributed by atoms with van der Waals surface area (Å²) in [6.07, 6.45) is 4.06. The molecule has 0 aliphatic rings. The third kappa shape index (κ3) is 2.75. The van der Waals surface area contributed by atoms with Gasteiger partial charge < -0.3 is 9.72 Å². The van der Waals surface area contributed by atoms with Crippen LogP contribution in [0.1, 0.15) is 45.0 Å². The maximum absolute atomic E-state index is 4.54. The Morgan fingerprint density at radius 2 is 1.82 bits per heavy atom. The number of rotatable bonds is 2. The van der Waals surface area contributed by atoms with Gasteiger partial charge in [0.15, 0.2) is 11.5 Å². The van der Waals surface area contributed by atoms with Crippen LogP contribution in [0, 0.1) is 6.92 Å². The summed E-state index contributed by atoms with van der Waals surface area (Å²) in [5.41, 5.74) is 2.97. The second-order valence-electron chi connectivity index (χ2n) is 4.03. The van der Waals surface area contributed by atoms with Crippen LogP contribution in [0.15, 0.2) is 12.4 Å². The van der Waals surface area contributed by atoms with Crippen molar-refractivity contribution >= 4 is 11.5 Å². The van der Waals surface area contributed by atoms with E-state index in [2.05, 4.69) is 29.1 Å². The quantitative estimate of drug-likeness (QED) is 0.867. The van der Waals surface area contributed by atoms with Crippen LogP contribution in [-0.2, 0) is 0 Å². The Labute approximate surface area is 103 Å². The van der Waals surface area contributed by atoms with E-state index in [0.29, 0.717) is 5.92 Å². The van der Waals surface area contributed by atoms with Crippen LogP contribution in [0.3, 0.4) is 0 Å². The fourth-order valence-corrected chi connectivity index (χ4v) is 1.59. The molecular weight excluding hydrogens is 212 g/mol. The zero-order valence-electron chi connectivity index (χ0n) is 11.6. The summed E-state index contributed by atoms with van der Waals surface area (Å²) in [7, 11) is 1.87. The second-order valence-corrected chi connectivity index (χ2v) is 4.03. The second kappa shape index (κ2) is 5.66. The maximum Gasteiger partial charge on any atom is 0.180 e. The van der Waals surface area contributed by atoms with Crippen LogP contribution in [0.5, 0.6) is 0 Å². The zero-order valence-corrected chi connectivity index (χ0v) is 11.6. The summed E-state index contributed by atoms with van der Waals surface area (Å²) >= 11 is 0. The van der Waals surface area contributed by atoms with E-state index in [1.54, 1.807) is 0 Å². The highest BCUT2D eigenvalue weighted by Gasteiger charge is 2.09. The molecular formula is C13H22N4. The molecule has 2 rings (SSSR count). The van der Waals surface area contributed by atoms with Gasteiger partial charge >= 0.3 is 0 Å². The van der Waals surface area contributed by atoms with Gasteiger partial charge in [0.2, 0.25) is 0 Å². The number of imidazole rings is 1. The third-order valence-electron chi connectivity index (χ3n) is 2.41. The van der Waals surface area contributed by atoms with E-state index in [0.717, 1.165) is 22.9 Å². The number of aryl methyl sites for hydroxylation is 1. The van der Waals surface area contributed by atoms with E-state index in [9.17, 15) is 0 Å². The van der Waals surface area contributed by atoms with Gasteiger partial charge in [-0.3, -0.25) is 0 Å². The zero-order chi connectivity index (χ0) is 13.0. The molecule has 17 heavy (non-hydrogen) atoms. The number of nitrogens with one attached hydrogen (secondary N) is 1. The maximum atomic E-state index is 4.54. The Balaban J connectivity index is 0.000000686. The van der Waals surface area contributed by atoms with Crippen molar-refractivity contribution in [3.63, 3.8) is 0 Å². The number of nitrogens with zero attached hydrogens (tertiary/aromatic N) is 3. The van der Waals surface area contributed by atoms with Crippen molar-refractivity contribution in [3.05, 3.63) is 23.8 Å². The van der Waals surface area contributed by atoms with E-state index in [1.807, 2.05) is 44.6 Å². The van der Waals surface area contributed by atoms with Crippen molar-refractivity contribution in [1.82, 2.24) is 14.4 Å². The highest BCUT2D eigenvalue weighted by molar-refractivity contribution is 5.63. The smallest absolute Gasteiger partial charge is 0.180 e. The first-order valence-electron chi connectivity index (χ1n) is 6.16. The molecule has 0 bridgehead atoms. The van der Waals surface area contributed by atoms with E-state index in [1.165, 1.54) is 0 Å². The van der Waals surface area contributed by atoms with Gasteiger partial charge in [-0.15, -0.1) is 0 Å². The van der Waals surface area contributed by atoms with Crippen LogP contribution in [0.2, 0.25) is 0 Å². The molecule has 0 aromatic carbocycles. The van der Waals surface area contributed by atoms with Crippen molar-refractivity contribution in [2.75, 3.05) is 12.4 Å². The van der Waals surface area contributed by atoms with E-state index < -0.39 is 0 Å². The Morgan fingerprint density at radius 1 is 1.18 bits per heavy atom. The van der Waals surface area contributed by atoms with Crippen LogP contribution < -0.4 is 5.32 Å². The largest absolute Gasteiger partial charge is 0.370 e. The third-order valence-corrected chi connectivity index (χ3v) is 2.41. The topological polar surface area (TPSA) is 42.2 Å². The molecule has 2 aromatic heterocycles. The monoisotopic (exact) mass is 234 g/mol. The van der Waals surface area contributed by atoms with Crippen LogP contribution >= 0.6 is 0 Å². The Morgan fingerprint density at radius 3 is 2.35 bits per heavy atom. The fourth-order valence-electron chi connectivity index (χ4n) is 1.59. The highest BCUT2D eigenvalue weighted by Crippen LogP contribution is 2.19. The Bertz CT molecular complexity index is 485. The van der Waals surface area contributed by atoms with E-state index in [-0.39, 0.29) is 0 Å².